The summed E-state index contributed by atoms with van der Waals surface area (Å²) in [6, 6.07) is 16.1. The van der Waals surface area contributed by atoms with Crippen molar-refractivity contribution in [2.24, 2.45) is 0 Å². The number of hydrogen-bond acceptors (Lipinski definition) is 4. The number of nitrogens with zero attached hydrogens (tertiary/aromatic N) is 3. The van der Waals surface area contributed by atoms with E-state index in [0.717, 1.165) is 33.9 Å². The molecule has 5 nitrogen and oxygen atoms in total. The summed E-state index contributed by atoms with van der Waals surface area (Å²) in [6.45, 7) is 2.96. The highest BCUT2D eigenvalue weighted by Gasteiger charge is 2.16. The SMILES string of the molecule is C#CCSc1nc(-c2ccc3c(c2)c2ccccc2n3CC)c(C#N)c(=O)[nH]1. The second-order valence-electron chi connectivity index (χ2n) is 6.19. The summed E-state index contributed by atoms with van der Waals surface area (Å²) < 4.78 is 2.25. The molecule has 2 heterocycles. The lowest BCUT2D eigenvalue weighted by molar-refractivity contribution is 0.827. The zero-order chi connectivity index (χ0) is 19.7. The maximum absolute atomic E-state index is 12.4. The first-order valence-electron chi connectivity index (χ1n) is 8.80. The van der Waals surface area contributed by atoms with Crippen LogP contribution in [-0.4, -0.2) is 20.3 Å². The Morgan fingerprint density at radius 3 is 2.75 bits per heavy atom. The first kappa shape index (κ1) is 17.9. The molecule has 0 amide bonds. The van der Waals surface area contributed by atoms with E-state index in [9.17, 15) is 10.1 Å². The number of rotatable bonds is 4. The van der Waals surface area contributed by atoms with Gasteiger partial charge in [-0.1, -0.05) is 41.9 Å². The number of hydrogen-bond donors (Lipinski definition) is 1. The quantitative estimate of drug-likeness (QED) is 0.326. The van der Waals surface area contributed by atoms with Gasteiger partial charge in [0.1, 0.15) is 11.6 Å². The van der Waals surface area contributed by atoms with Crippen LogP contribution in [0.1, 0.15) is 12.5 Å². The Kier molecular flexibility index (Phi) is 4.65. The third kappa shape index (κ3) is 2.85. The average Bonchev–Trinajstić information content (AvgIpc) is 3.04. The minimum absolute atomic E-state index is 0.00337. The molecule has 0 aliphatic heterocycles. The van der Waals surface area contributed by atoms with Gasteiger partial charge in [-0.2, -0.15) is 5.26 Å². The van der Waals surface area contributed by atoms with Gasteiger partial charge in [-0.25, -0.2) is 4.98 Å². The molecule has 0 bridgehead atoms. The highest BCUT2D eigenvalue weighted by Crippen LogP contribution is 2.32. The van der Waals surface area contributed by atoms with Crippen LogP contribution in [0.4, 0.5) is 0 Å². The molecule has 2 aromatic carbocycles. The van der Waals surface area contributed by atoms with Crippen molar-refractivity contribution in [1.82, 2.24) is 14.5 Å². The molecule has 28 heavy (non-hydrogen) atoms. The molecule has 136 valence electrons. The van der Waals surface area contributed by atoms with E-state index in [4.69, 9.17) is 6.42 Å². The minimum Gasteiger partial charge on any atom is -0.341 e. The standard InChI is InChI=1S/C22H16N4OS/c1-3-11-28-22-24-20(17(13-23)21(27)25-22)14-9-10-19-16(12-14)15-7-5-6-8-18(15)26(19)4-2/h1,5-10,12H,4,11H2,2H3,(H,24,25,27). The number of thioether (sulfide) groups is 1. The van der Waals surface area contributed by atoms with Crippen molar-refractivity contribution in [3.8, 4) is 29.7 Å². The highest BCUT2D eigenvalue weighted by atomic mass is 32.2. The molecule has 0 saturated carbocycles. The molecule has 0 fully saturated rings. The van der Waals surface area contributed by atoms with Crippen molar-refractivity contribution in [3.05, 3.63) is 58.4 Å². The Morgan fingerprint density at radius 1 is 1.21 bits per heavy atom. The fourth-order valence-corrected chi connectivity index (χ4v) is 4.03. The maximum Gasteiger partial charge on any atom is 0.270 e. The predicted molar refractivity (Wildman–Crippen MR) is 113 cm³/mol. The minimum atomic E-state index is -0.455. The third-order valence-electron chi connectivity index (χ3n) is 4.66. The van der Waals surface area contributed by atoms with Crippen LogP contribution < -0.4 is 5.56 Å². The van der Waals surface area contributed by atoms with Crippen molar-refractivity contribution >= 4 is 33.6 Å². The lowest BCUT2D eigenvalue weighted by Gasteiger charge is -2.07. The molecular weight excluding hydrogens is 368 g/mol. The average molecular weight is 384 g/mol. The molecule has 6 heteroatoms. The number of nitriles is 1. The van der Waals surface area contributed by atoms with Gasteiger partial charge in [-0.15, -0.1) is 6.42 Å². The molecule has 4 rings (SSSR count). The number of terminal acetylenes is 1. The topological polar surface area (TPSA) is 74.5 Å². The lowest BCUT2D eigenvalue weighted by atomic mass is 10.0. The Labute approximate surface area is 166 Å². The smallest absolute Gasteiger partial charge is 0.270 e. The molecule has 4 aromatic rings. The number of nitrogens with one attached hydrogen (secondary N) is 1. The van der Waals surface area contributed by atoms with Crippen LogP contribution in [-0.2, 0) is 6.54 Å². The van der Waals surface area contributed by atoms with Gasteiger partial charge >= 0.3 is 0 Å². The number of aromatic amines is 1. The number of para-hydroxylation sites is 1. The number of fused-ring (bicyclic) bond motifs is 3. The van der Waals surface area contributed by atoms with Crippen molar-refractivity contribution < 1.29 is 0 Å². The van der Waals surface area contributed by atoms with Gasteiger partial charge in [0.2, 0.25) is 0 Å². The Hall–Kier alpha value is -3.48. The zero-order valence-corrected chi connectivity index (χ0v) is 16.0. The van der Waals surface area contributed by atoms with E-state index < -0.39 is 5.56 Å². The zero-order valence-electron chi connectivity index (χ0n) is 15.2. The predicted octanol–water partition coefficient (Wildman–Crippen LogP) is 4.16. The molecule has 0 saturated heterocycles. The second-order valence-corrected chi connectivity index (χ2v) is 7.16. The molecule has 0 unspecified atom stereocenters. The molecule has 0 atom stereocenters. The number of H-pyrrole nitrogens is 1. The monoisotopic (exact) mass is 384 g/mol. The van der Waals surface area contributed by atoms with E-state index in [1.54, 1.807) is 0 Å². The van der Waals surface area contributed by atoms with E-state index in [2.05, 4.69) is 39.5 Å². The summed E-state index contributed by atoms with van der Waals surface area (Å²) in [5.41, 5.74) is 2.92. The number of benzene rings is 2. The fraction of sp³-hybridized carbons (Fsp3) is 0.136. The number of aryl methyl sites for hydroxylation is 1. The van der Waals surface area contributed by atoms with Gasteiger partial charge in [0.15, 0.2) is 5.16 Å². The Bertz CT molecular complexity index is 1350. The van der Waals surface area contributed by atoms with E-state index in [-0.39, 0.29) is 5.56 Å². The molecule has 0 radical (unpaired) electrons. The summed E-state index contributed by atoms with van der Waals surface area (Å²) in [5, 5.41) is 12.1. The van der Waals surface area contributed by atoms with Gasteiger partial charge in [-0.05, 0) is 25.1 Å². The summed E-state index contributed by atoms with van der Waals surface area (Å²) in [4.78, 5) is 19.5. The molecule has 2 aromatic heterocycles. The van der Waals surface area contributed by atoms with E-state index in [0.29, 0.717) is 16.6 Å². The fourth-order valence-electron chi connectivity index (χ4n) is 3.49. The highest BCUT2D eigenvalue weighted by molar-refractivity contribution is 7.99. The molecule has 0 aliphatic carbocycles. The van der Waals surface area contributed by atoms with Crippen LogP contribution in [0.3, 0.4) is 0 Å². The van der Waals surface area contributed by atoms with Crippen LogP contribution in [0.5, 0.6) is 0 Å². The van der Waals surface area contributed by atoms with Crippen LogP contribution in [0, 0.1) is 23.7 Å². The maximum atomic E-state index is 12.4. The van der Waals surface area contributed by atoms with Crippen LogP contribution in [0.2, 0.25) is 0 Å². The first-order chi connectivity index (χ1) is 13.7. The van der Waals surface area contributed by atoms with Crippen molar-refractivity contribution in [2.75, 3.05) is 5.75 Å². The van der Waals surface area contributed by atoms with E-state index in [1.165, 1.54) is 11.8 Å². The third-order valence-corrected chi connectivity index (χ3v) is 5.44. The van der Waals surface area contributed by atoms with Gasteiger partial charge in [0.05, 0.1) is 11.4 Å². The lowest BCUT2D eigenvalue weighted by Crippen LogP contribution is -2.14. The van der Waals surface area contributed by atoms with Gasteiger partial charge in [0.25, 0.3) is 5.56 Å². The van der Waals surface area contributed by atoms with Crippen LogP contribution >= 0.6 is 11.8 Å². The van der Waals surface area contributed by atoms with Crippen molar-refractivity contribution in [2.45, 2.75) is 18.6 Å². The summed E-state index contributed by atoms with van der Waals surface area (Å²) in [6.07, 6.45) is 5.30. The summed E-state index contributed by atoms with van der Waals surface area (Å²) >= 11 is 1.26. The van der Waals surface area contributed by atoms with Crippen LogP contribution in [0.25, 0.3) is 33.1 Å². The van der Waals surface area contributed by atoms with Crippen LogP contribution in [0.15, 0.2) is 52.4 Å². The van der Waals surface area contributed by atoms with Crippen molar-refractivity contribution in [1.29, 1.82) is 5.26 Å². The summed E-state index contributed by atoms with van der Waals surface area (Å²) in [5.74, 6) is 2.90. The second kappa shape index (κ2) is 7.26. The van der Waals surface area contributed by atoms with Crippen molar-refractivity contribution in [3.63, 3.8) is 0 Å². The molecule has 1 N–H and O–H groups in total. The van der Waals surface area contributed by atoms with E-state index >= 15 is 0 Å². The largest absolute Gasteiger partial charge is 0.341 e. The number of aromatic nitrogens is 3. The summed E-state index contributed by atoms with van der Waals surface area (Å²) in [7, 11) is 0. The molecule has 0 spiro atoms. The first-order valence-corrected chi connectivity index (χ1v) is 9.78. The van der Waals surface area contributed by atoms with Gasteiger partial charge in [0, 0.05) is 33.9 Å². The van der Waals surface area contributed by atoms with E-state index in [1.807, 2.05) is 36.4 Å². The molecule has 0 aliphatic rings. The normalized spacial score (nSPS) is 10.8. The Morgan fingerprint density at radius 2 is 2.00 bits per heavy atom. The van der Waals surface area contributed by atoms with Gasteiger partial charge < -0.3 is 9.55 Å². The van der Waals surface area contributed by atoms with Gasteiger partial charge in [-0.3, -0.25) is 4.79 Å². The molecular formula is C22H16N4OS. The Balaban J connectivity index is 1.99.